The maximum absolute atomic E-state index is 12.5. The highest BCUT2D eigenvalue weighted by molar-refractivity contribution is 6.37. The van der Waals surface area contributed by atoms with Crippen molar-refractivity contribution in [2.75, 3.05) is 0 Å². The Morgan fingerprint density at radius 3 is 2.05 bits per heavy atom. The van der Waals surface area contributed by atoms with Crippen LogP contribution < -0.4 is 10.2 Å². The third-order valence-corrected chi connectivity index (χ3v) is 3.46. The molecule has 0 atom stereocenters. The van der Waals surface area contributed by atoms with Gasteiger partial charge in [-0.05, 0) is 29.8 Å². The summed E-state index contributed by atoms with van der Waals surface area (Å²) in [6.45, 7) is 0. The normalized spacial score (nSPS) is 10.3. The summed E-state index contributed by atoms with van der Waals surface area (Å²) in [6, 6.07) is 6.97. The lowest BCUT2D eigenvalue weighted by atomic mass is 9.96. The molecule has 0 amide bonds. The van der Waals surface area contributed by atoms with Crippen LogP contribution in [0, 0.1) is 0 Å². The molecule has 0 bridgehead atoms. The van der Waals surface area contributed by atoms with E-state index in [4.69, 9.17) is 23.2 Å². The SMILES string of the molecule is O=C([O-])c1ccc(C(=O)[O-])c(C(=O)c2cc(Cl)ccc2Cl)c1. The number of hydrogen-bond donors (Lipinski definition) is 0. The van der Waals surface area contributed by atoms with E-state index in [0.29, 0.717) is 0 Å². The third kappa shape index (κ3) is 3.10. The molecule has 0 aromatic heterocycles. The minimum atomic E-state index is -1.62. The Bertz CT molecular complexity index is 799. The lowest BCUT2D eigenvalue weighted by Crippen LogP contribution is -2.27. The molecule has 7 heteroatoms. The van der Waals surface area contributed by atoms with E-state index in [2.05, 4.69) is 0 Å². The largest absolute Gasteiger partial charge is 0.545 e. The van der Waals surface area contributed by atoms with Gasteiger partial charge in [-0.25, -0.2) is 0 Å². The molecule has 0 N–H and O–H groups in total. The van der Waals surface area contributed by atoms with Crippen LogP contribution >= 0.6 is 23.2 Å². The van der Waals surface area contributed by atoms with E-state index < -0.39 is 23.3 Å². The van der Waals surface area contributed by atoms with Gasteiger partial charge >= 0.3 is 0 Å². The molecular weight excluding hydrogens is 331 g/mol. The summed E-state index contributed by atoms with van der Waals surface area (Å²) >= 11 is 11.7. The molecule has 2 rings (SSSR count). The zero-order valence-corrected chi connectivity index (χ0v) is 12.3. The van der Waals surface area contributed by atoms with Crippen molar-refractivity contribution < 1.29 is 24.6 Å². The molecular formula is C15H6Cl2O5-2. The van der Waals surface area contributed by atoms with Crippen LogP contribution in [0.15, 0.2) is 36.4 Å². The van der Waals surface area contributed by atoms with Crippen molar-refractivity contribution in [3.8, 4) is 0 Å². The van der Waals surface area contributed by atoms with Gasteiger partial charge in [-0.15, -0.1) is 0 Å². The van der Waals surface area contributed by atoms with Gasteiger partial charge in [-0.1, -0.05) is 35.3 Å². The van der Waals surface area contributed by atoms with E-state index >= 15 is 0 Å². The van der Waals surface area contributed by atoms with Crippen LogP contribution in [0.4, 0.5) is 0 Å². The van der Waals surface area contributed by atoms with Crippen LogP contribution in [-0.4, -0.2) is 17.7 Å². The molecule has 0 aliphatic rings. The van der Waals surface area contributed by atoms with E-state index in [-0.39, 0.29) is 26.7 Å². The summed E-state index contributed by atoms with van der Waals surface area (Å²) in [4.78, 5) is 34.5. The zero-order chi connectivity index (χ0) is 16.4. The fraction of sp³-hybridized carbons (Fsp3) is 0. The highest BCUT2D eigenvalue weighted by Gasteiger charge is 2.18. The lowest BCUT2D eigenvalue weighted by molar-refractivity contribution is -0.256. The number of aromatic carboxylic acids is 2. The summed E-state index contributed by atoms with van der Waals surface area (Å²) in [6.07, 6.45) is 0. The van der Waals surface area contributed by atoms with Gasteiger partial charge in [0.05, 0.1) is 17.0 Å². The number of carboxylic acid groups (broad SMARTS) is 2. The Kier molecular flexibility index (Phi) is 4.49. The first-order chi connectivity index (χ1) is 10.3. The van der Waals surface area contributed by atoms with Gasteiger partial charge in [-0.2, -0.15) is 0 Å². The number of carbonyl (C=O) groups excluding carboxylic acids is 3. The Labute approximate surface area is 134 Å². The number of halogens is 2. The zero-order valence-electron chi connectivity index (χ0n) is 10.8. The predicted molar refractivity (Wildman–Crippen MR) is 75.0 cm³/mol. The van der Waals surface area contributed by atoms with Crippen molar-refractivity contribution in [2.24, 2.45) is 0 Å². The number of rotatable bonds is 4. The van der Waals surface area contributed by atoms with Crippen molar-refractivity contribution in [1.29, 1.82) is 0 Å². The first-order valence-electron chi connectivity index (χ1n) is 5.87. The Balaban J connectivity index is 2.65. The minimum Gasteiger partial charge on any atom is -0.545 e. The molecule has 0 radical (unpaired) electrons. The molecule has 0 aliphatic carbocycles. The van der Waals surface area contributed by atoms with Crippen LogP contribution in [-0.2, 0) is 0 Å². The molecule has 0 unspecified atom stereocenters. The molecule has 22 heavy (non-hydrogen) atoms. The van der Waals surface area contributed by atoms with Crippen LogP contribution in [0.3, 0.4) is 0 Å². The smallest absolute Gasteiger partial charge is 0.195 e. The summed E-state index contributed by atoms with van der Waals surface area (Å²) < 4.78 is 0. The average Bonchev–Trinajstić information content (AvgIpc) is 2.48. The van der Waals surface area contributed by atoms with Crippen LogP contribution in [0.1, 0.15) is 36.6 Å². The first-order valence-corrected chi connectivity index (χ1v) is 6.63. The number of carbonyl (C=O) groups is 3. The quantitative estimate of drug-likeness (QED) is 0.774. The summed E-state index contributed by atoms with van der Waals surface area (Å²) in [5.41, 5.74) is -1.21. The van der Waals surface area contributed by atoms with Gasteiger partial charge in [0.15, 0.2) is 5.78 Å². The molecule has 5 nitrogen and oxygen atoms in total. The van der Waals surface area contributed by atoms with Gasteiger partial charge in [-0.3, -0.25) is 4.79 Å². The van der Waals surface area contributed by atoms with Crippen LogP contribution in [0.25, 0.3) is 0 Å². The van der Waals surface area contributed by atoms with E-state index in [0.717, 1.165) is 18.2 Å². The van der Waals surface area contributed by atoms with E-state index in [1.807, 2.05) is 0 Å². The van der Waals surface area contributed by atoms with Crippen LogP contribution in [0.5, 0.6) is 0 Å². The number of benzene rings is 2. The second kappa shape index (κ2) is 6.17. The Morgan fingerprint density at radius 2 is 1.45 bits per heavy atom. The van der Waals surface area contributed by atoms with Crippen molar-refractivity contribution in [1.82, 2.24) is 0 Å². The van der Waals surface area contributed by atoms with Gasteiger partial charge in [0, 0.05) is 21.7 Å². The molecule has 0 saturated carbocycles. The lowest BCUT2D eigenvalue weighted by Gasteiger charge is -2.13. The number of hydrogen-bond acceptors (Lipinski definition) is 5. The first kappa shape index (κ1) is 16.0. The maximum atomic E-state index is 12.5. The molecule has 0 aliphatic heterocycles. The van der Waals surface area contributed by atoms with E-state index in [1.165, 1.54) is 18.2 Å². The number of carboxylic acids is 2. The van der Waals surface area contributed by atoms with Crippen molar-refractivity contribution in [3.63, 3.8) is 0 Å². The summed E-state index contributed by atoms with van der Waals surface area (Å²) in [5.74, 6) is -3.95. The third-order valence-electron chi connectivity index (χ3n) is 2.89. The second-order valence-corrected chi connectivity index (χ2v) is 5.13. The minimum absolute atomic E-state index is 0.0489. The fourth-order valence-corrected chi connectivity index (χ4v) is 2.23. The molecule has 0 saturated heterocycles. The maximum Gasteiger partial charge on any atom is 0.195 e. The number of ketones is 1. The molecule has 2 aromatic carbocycles. The monoisotopic (exact) mass is 336 g/mol. The predicted octanol–water partition coefficient (Wildman–Crippen LogP) is 0.951. The van der Waals surface area contributed by atoms with Gasteiger partial charge in [0.2, 0.25) is 0 Å². The van der Waals surface area contributed by atoms with Crippen molar-refractivity contribution >= 4 is 40.9 Å². The molecule has 112 valence electrons. The van der Waals surface area contributed by atoms with Crippen molar-refractivity contribution in [3.05, 3.63) is 68.7 Å². The Hall–Kier alpha value is -2.37. The van der Waals surface area contributed by atoms with Gasteiger partial charge < -0.3 is 19.8 Å². The topological polar surface area (TPSA) is 97.3 Å². The summed E-state index contributed by atoms with van der Waals surface area (Å²) in [7, 11) is 0. The van der Waals surface area contributed by atoms with E-state index in [9.17, 15) is 24.6 Å². The molecule has 0 heterocycles. The van der Waals surface area contributed by atoms with Gasteiger partial charge in [0.1, 0.15) is 0 Å². The highest BCUT2D eigenvalue weighted by Crippen LogP contribution is 2.25. The standard InChI is InChI=1S/C15H8Cl2O5/c16-8-2-4-12(17)11(6-8)13(18)10-5-7(14(19)20)1-3-9(10)15(21)22/h1-6H,(H,19,20)(H,21,22)/p-2. The Morgan fingerprint density at radius 1 is 0.773 bits per heavy atom. The fourth-order valence-electron chi connectivity index (χ4n) is 1.85. The molecule has 2 aromatic rings. The van der Waals surface area contributed by atoms with E-state index in [1.54, 1.807) is 0 Å². The highest BCUT2D eigenvalue weighted by atomic mass is 35.5. The van der Waals surface area contributed by atoms with Crippen molar-refractivity contribution in [2.45, 2.75) is 0 Å². The average molecular weight is 337 g/mol. The summed E-state index contributed by atoms with van der Waals surface area (Å²) in [5, 5.41) is 22.3. The molecule has 0 spiro atoms. The van der Waals surface area contributed by atoms with Crippen LogP contribution in [0.2, 0.25) is 10.0 Å². The molecule has 0 fully saturated rings. The second-order valence-electron chi connectivity index (χ2n) is 4.29. The van der Waals surface area contributed by atoms with Gasteiger partial charge in [0.25, 0.3) is 0 Å².